The predicted molar refractivity (Wildman–Crippen MR) is 149 cm³/mol. The summed E-state index contributed by atoms with van der Waals surface area (Å²) in [6.07, 6.45) is 2.22. The second kappa shape index (κ2) is 13.7. The Morgan fingerprint density at radius 3 is 2.38 bits per heavy atom. The molecule has 2 aromatic rings. The zero-order valence-corrected chi connectivity index (χ0v) is 24.0. The van der Waals surface area contributed by atoms with Crippen LogP contribution in [0.25, 0.3) is 0 Å². The standard InChI is InChI=1S/C27H38ClN3O5S/c1-7-20(3)29-27(33)21(4)30(18-22-12-9-8-11-19(22)2)26(32)13-10-16-31(37(6,34)35)23-14-15-25(36-5)24(28)17-23/h8-9,11-12,14-15,17,20-21H,7,10,13,16,18H2,1-6H3,(H,29,33). The van der Waals surface area contributed by atoms with Crippen LogP contribution in [0.3, 0.4) is 0 Å². The maximum Gasteiger partial charge on any atom is 0.242 e. The molecule has 2 unspecified atom stereocenters. The van der Waals surface area contributed by atoms with Crippen molar-refractivity contribution in [3.63, 3.8) is 0 Å². The molecule has 0 aliphatic rings. The number of halogens is 1. The van der Waals surface area contributed by atoms with Crippen molar-refractivity contribution in [1.82, 2.24) is 10.2 Å². The Labute approximate surface area is 226 Å². The van der Waals surface area contributed by atoms with Crippen molar-refractivity contribution < 1.29 is 22.7 Å². The molecule has 0 radical (unpaired) electrons. The summed E-state index contributed by atoms with van der Waals surface area (Å²) in [6, 6.07) is 11.8. The fraction of sp³-hybridized carbons (Fsp3) is 0.481. The lowest BCUT2D eigenvalue weighted by Crippen LogP contribution is -2.49. The van der Waals surface area contributed by atoms with E-state index in [1.165, 1.54) is 17.5 Å². The second-order valence-electron chi connectivity index (χ2n) is 9.20. The molecular weight excluding hydrogens is 514 g/mol. The van der Waals surface area contributed by atoms with Crippen LogP contribution in [0.4, 0.5) is 5.69 Å². The van der Waals surface area contributed by atoms with E-state index in [4.69, 9.17) is 16.3 Å². The first-order valence-corrected chi connectivity index (χ1v) is 14.6. The maximum atomic E-state index is 13.4. The number of rotatable bonds is 13. The Kier molecular flexibility index (Phi) is 11.3. The van der Waals surface area contributed by atoms with Gasteiger partial charge in [0.05, 0.1) is 24.1 Å². The maximum absolute atomic E-state index is 13.4. The van der Waals surface area contributed by atoms with E-state index in [0.29, 0.717) is 11.4 Å². The lowest BCUT2D eigenvalue weighted by atomic mass is 10.1. The molecule has 8 nitrogen and oxygen atoms in total. The summed E-state index contributed by atoms with van der Waals surface area (Å²) in [5, 5.41) is 3.24. The van der Waals surface area contributed by atoms with E-state index in [1.54, 1.807) is 24.0 Å². The van der Waals surface area contributed by atoms with Crippen LogP contribution in [0.5, 0.6) is 5.75 Å². The van der Waals surface area contributed by atoms with Gasteiger partial charge >= 0.3 is 0 Å². The summed E-state index contributed by atoms with van der Waals surface area (Å²) in [4.78, 5) is 27.9. The Hall–Kier alpha value is -2.78. The van der Waals surface area contributed by atoms with Crippen LogP contribution in [0.2, 0.25) is 5.02 Å². The fourth-order valence-corrected chi connectivity index (χ4v) is 5.04. The summed E-state index contributed by atoms with van der Waals surface area (Å²) >= 11 is 6.21. The topological polar surface area (TPSA) is 96.0 Å². The number of hydrogen-bond acceptors (Lipinski definition) is 5. The van der Waals surface area contributed by atoms with Gasteiger partial charge in [0.25, 0.3) is 0 Å². The van der Waals surface area contributed by atoms with Crippen LogP contribution in [-0.4, -0.2) is 57.1 Å². The Morgan fingerprint density at radius 2 is 1.81 bits per heavy atom. The summed E-state index contributed by atoms with van der Waals surface area (Å²) in [5.41, 5.74) is 2.36. The van der Waals surface area contributed by atoms with Crippen molar-refractivity contribution in [2.75, 3.05) is 24.2 Å². The first-order chi connectivity index (χ1) is 17.4. The highest BCUT2D eigenvalue weighted by Crippen LogP contribution is 2.30. The molecule has 0 bridgehead atoms. The van der Waals surface area contributed by atoms with E-state index < -0.39 is 16.1 Å². The fourth-order valence-electron chi connectivity index (χ4n) is 3.83. The van der Waals surface area contributed by atoms with Gasteiger partial charge in [0, 0.05) is 25.6 Å². The number of methoxy groups -OCH3 is 1. The van der Waals surface area contributed by atoms with Gasteiger partial charge in [0.1, 0.15) is 11.8 Å². The molecule has 0 fully saturated rings. The number of carbonyl (C=O) groups excluding carboxylic acids is 2. The van der Waals surface area contributed by atoms with Gasteiger partial charge in [-0.3, -0.25) is 13.9 Å². The predicted octanol–water partition coefficient (Wildman–Crippen LogP) is 4.54. The van der Waals surface area contributed by atoms with Crippen molar-refractivity contribution in [3.8, 4) is 5.75 Å². The molecule has 204 valence electrons. The Bertz CT molecular complexity index is 1190. The van der Waals surface area contributed by atoms with E-state index >= 15 is 0 Å². The third kappa shape index (κ3) is 8.64. The van der Waals surface area contributed by atoms with Crippen LogP contribution >= 0.6 is 11.6 Å². The minimum absolute atomic E-state index is 0.00926. The first-order valence-electron chi connectivity index (χ1n) is 12.3. The second-order valence-corrected chi connectivity index (χ2v) is 11.5. The third-order valence-electron chi connectivity index (χ3n) is 6.35. The third-order valence-corrected chi connectivity index (χ3v) is 7.84. The number of nitrogens with zero attached hydrogens (tertiary/aromatic N) is 2. The zero-order chi connectivity index (χ0) is 27.8. The normalized spacial score (nSPS) is 12.9. The number of carbonyl (C=O) groups is 2. The van der Waals surface area contributed by atoms with E-state index in [2.05, 4.69) is 5.32 Å². The molecule has 1 N–H and O–H groups in total. The number of amides is 2. The summed E-state index contributed by atoms with van der Waals surface area (Å²) in [6.45, 7) is 7.95. The molecule has 0 heterocycles. The smallest absolute Gasteiger partial charge is 0.242 e. The highest BCUT2D eigenvalue weighted by molar-refractivity contribution is 7.92. The van der Waals surface area contributed by atoms with Crippen LogP contribution in [-0.2, 0) is 26.2 Å². The molecule has 2 atom stereocenters. The quantitative estimate of drug-likeness (QED) is 0.394. The average Bonchev–Trinajstić information content (AvgIpc) is 2.84. The van der Waals surface area contributed by atoms with E-state index in [-0.39, 0.29) is 48.8 Å². The minimum Gasteiger partial charge on any atom is -0.495 e. The molecule has 0 aliphatic carbocycles. The van der Waals surface area contributed by atoms with Gasteiger partial charge in [-0.1, -0.05) is 42.8 Å². The molecule has 37 heavy (non-hydrogen) atoms. The van der Waals surface area contributed by atoms with Crippen LogP contribution in [0.15, 0.2) is 42.5 Å². The van der Waals surface area contributed by atoms with Gasteiger partial charge in [0.15, 0.2) is 0 Å². The molecule has 0 aliphatic heterocycles. The minimum atomic E-state index is -3.63. The van der Waals surface area contributed by atoms with E-state index in [1.807, 2.05) is 45.0 Å². The molecule has 0 aromatic heterocycles. The average molecular weight is 552 g/mol. The number of ether oxygens (including phenoxy) is 1. The number of benzene rings is 2. The number of aryl methyl sites for hydroxylation is 1. The highest BCUT2D eigenvalue weighted by Gasteiger charge is 2.27. The number of nitrogens with one attached hydrogen (secondary N) is 1. The van der Waals surface area contributed by atoms with Crippen molar-refractivity contribution in [3.05, 3.63) is 58.6 Å². The first kappa shape index (κ1) is 30.4. The van der Waals surface area contributed by atoms with Gasteiger partial charge < -0.3 is 15.0 Å². The number of hydrogen-bond donors (Lipinski definition) is 1. The summed E-state index contributed by atoms with van der Waals surface area (Å²) < 4.78 is 31.4. The largest absolute Gasteiger partial charge is 0.495 e. The van der Waals surface area contributed by atoms with Crippen molar-refractivity contribution in [2.24, 2.45) is 0 Å². The van der Waals surface area contributed by atoms with Crippen LogP contribution < -0.4 is 14.4 Å². The van der Waals surface area contributed by atoms with Gasteiger partial charge in [-0.15, -0.1) is 0 Å². The molecule has 2 rings (SSSR count). The Balaban J connectivity index is 2.21. The molecule has 2 amide bonds. The zero-order valence-electron chi connectivity index (χ0n) is 22.5. The van der Waals surface area contributed by atoms with Crippen LogP contribution in [0, 0.1) is 6.92 Å². The lowest BCUT2D eigenvalue weighted by molar-refractivity contribution is -0.140. The summed E-state index contributed by atoms with van der Waals surface area (Å²) in [7, 11) is -2.15. The molecule has 2 aromatic carbocycles. The molecular formula is C27H38ClN3O5S. The van der Waals surface area contributed by atoms with E-state index in [0.717, 1.165) is 23.8 Å². The molecule has 10 heteroatoms. The van der Waals surface area contributed by atoms with Gasteiger partial charge in [-0.2, -0.15) is 0 Å². The highest BCUT2D eigenvalue weighted by atomic mass is 35.5. The Morgan fingerprint density at radius 1 is 1.14 bits per heavy atom. The number of sulfonamides is 1. The summed E-state index contributed by atoms with van der Waals surface area (Å²) in [5.74, 6) is -0.0104. The monoisotopic (exact) mass is 551 g/mol. The van der Waals surface area contributed by atoms with Gasteiger partial charge in [0.2, 0.25) is 21.8 Å². The van der Waals surface area contributed by atoms with Crippen molar-refractivity contribution in [1.29, 1.82) is 0 Å². The van der Waals surface area contributed by atoms with Crippen molar-refractivity contribution in [2.45, 2.75) is 65.6 Å². The molecule has 0 saturated carbocycles. The van der Waals surface area contributed by atoms with Gasteiger partial charge in [-0.05, 0) is 62.9 Å². The molecule has 0 spiro atoms. The van der Waals surface area contributed by atoms with E-state index in [9.17, 15) is 18.0 Å². The van der Waals surface area contributed by atoms with Crippen molar-refractivity contribution >= 4 is 39.1 Å². The lowest BCUT2D eigenvalue weighted by Gasteiger charge is -2.30. The molecule has 0 saturated heterocycles. The van der Waals surface area contributed by atoms with Crippen LogP contribution in [0.1, 0.15) is 51.2 Å². The number of anilines is 1. The van der Waals surface area contributed by atoms with Gasteiger partial charge in [-0.25, -0.2) is 8.42 Å². The SMILES string of the molecule is CCC(C)NC(=O)C(C)N(Cc1ccccc1C)C(=O)CCCN(c1ccc(OC)c(Cl)c1)S(C)(=O)=O.